The molecule has 0 saturated heterocycles. The lowest BCUT2D eigenvalue weighted by Crippen LogP contribution is -2.31. The molecule has 1 N–H and O–H groups in total. The maximum atomic E-state index is 5.44. The lowest BCUT2D eigenvalue weighted by Gasteiger charge is -2.16. The summed E-state index contributed by atoms with van der Waals surface area (Å²) in [5.74, 6) is 0. The number of ether oxygens (including phenoxy) is 2. The Hall–Kier alpha value is -0.380. The van der Waals surface area contributed by atoms with E-state index in [9.17, 15) is 0 Å². The van der Waals surface area contributed by atoms with Crippen molar-refractivity contribution in [2.75, 3.05) is 34.0 Å². The number of hydrogen-bond acceptors (Lipinski definition) is 3. The summed E-state index contributed by atoms with van der Waals surface area (Å²) >= 11 is 0. The van der Waals surface area contributed by atoms with Crippen LogP contribution in [0.25, 0.3) is 0 Å². The predicted molar refractivity (Wildman–Crippen MR) is 59.6 cm³/mol. The lowest BCUT2D eigenvalue weighted by atomic mass is 10.1. The van der Waals surface area contributed by atoms with Crippen LogP contribution < -0.4 is 5.32 Å². The first kappa shape index (κ1) is 13.6. The van der Waals surface area contributed by atoms with Crippen molar-refractivity contribution in [1.29, 1.82) is 0 Å². The molecule has 0 saturated carbocycles. The monoisotopic (exact) mass is 201 g/mol. The molecule has 0 fully saturated rings. The first-order chi connectivity index (χ1) is 6.74. The molecule has 84 valence electrons. The number of methoxy groups -OCH3 is 1. The SMILES string of the molecule is C=C(CC)CC(COCCOC)NC. The van der Waals surface area contributed by atoms with Crippen LogP contribution >= 0.6 is 0 Å². The van der Waals surface area contributed by atoms with Gasteiger partial charge in [-0.2, -0.15) is 0 Å². The van der Waals surface area contributed by atoms with Gasteiger partial charge in [0.15, 0.2) is 0 Å². The molecule has 0 heterocycles. The van der Waals surface area contributed by atoms with Crippen molar-refractivity contribution in [1.82, 2.24) is 5.32 Å². The summed E-state index contributed by atoms with van der Waals surface area (Å²) in [6.07, 6.45) is 2.02. The van der Waals surface area contributed by atoms with E-state index in [1.807, 2.05) is 7.05 Å². The van der Waals surface area contributed by atoms with E-state index in [0.717, 1.165) is 19.4 Å². The Morgan fingerprint density at radius 1 is 1.43 bits per heavy atom. The van der Waals surface area contributed by atoms with Crippen LogP contribution in [0.15, 0.2) is 12.2 Å². The molecule has 0 aliphatic heterocycles. The van der Waals surface area contributed by atoms with Gasteiger partial charge in [-0.1, -0.05) is 19.1 Å². The molecule has 0 aliphatic carbocycles. The van der Waals surface area contributed by atoms with E-state index in [-0.39, 0.29) is 0 Å². The minimum Gasteiger partial charge on any atom is -0.382 e. The molecule has 0 aliphatic rings. The van der Waals surface area contributed by atoms with Crippen molar-refractivity contribution in [2.24, 2.45) is 0 Å². The molecule has 0 spiro atoms. The number of hydrogen-bond donors (Lipinski definition) is 1. The van der Waals surface area contributed by atoms with E-state index in [4.69, 9.17) is 9.47 Å². The summed E-state index contributed by atoms with van der Waals surface area (Å²) in [5.41, 5.74) is 1.26. The van der Waals surface area contributed by atoms with E-state index in [1.165, 1.54) is 5.57 Å². The summed E-state index contributed by atoms with van der Waals surface area (Å²) in [6, 6.07) is 0.374. The van der Waals surface area contributed by atoms with Gasteiger partial charge in [0.25, 0.3) is 0 Å². The molecule has 0 bridgehead atoms. The molecule has 0 amide bonds. The normalized spacial score (nSPS) is 12.8. The molecule has 3 heteroatoms. The maximum Gasteiger partial charge on any atom is 0.0701 e. The van der Waals surface area contributed by atoms with Crippen molar-refractivity contribution < 1.29 is 9.47 Å². The standard InChI is InChI=1S/C11H23NO2/c1-5-10(2)8-11(12-3)9-14-7-6-13-4/h11-12H,2,5-9H2,1,3-4H3. The topological polar surface area (TPSA) is 30.5 Å². The number of rotatable bonds is 9. The van der Waals surface area contributed by atoms with Crippen LogP contribution in [0.3, 0.4) is 0 Å². The zero-order valence-corrected chi connectivity index (χ0v) is 9.64. The maximum absolute atomic E-state index is 5.44. The van der Waals surface area contributed by atoms with Gasteiger partial charge in [-0.05, 0) is 19.9 Å². The van der Waals surface area contributed by atoms with E-state index in [0.29, 0.717) is 19.3 Å². The zero-order valence-electron chi connectivity index (χ0n) is 9.64. The second kappa shape index (κ2) is 9.19. The second-order valence-corrected chi connectivity index (χ2v) is 3.36. The number of nitrogens with one attached hydrogen (secondary N) is 1. The number of likely N-dealkylation sites (N-methyl/N-ethyl adjacent to an activating group) is 1. The third-order valence-electron chi connectivity index (χ3n) is 2.19. The van der Waals surface area contributed by atoms with Crippen molar-refractivity contribution in [2.45, 2.75) is 25.8 Å². The molecule has 0 radical (unpaired) electrons. The fourth-order valence-corrected chi connectivity index (χ4v) is 1.10. The Kier molecular flexibility index (Phi) is 8.94. The summed E-state index contributed by atoms with van der Waals surface area (Å²) in [6.45, 7) is 8.15. The minimum atomic E-state index is 0.374. The average molecular weight is 201 g/mol. The highest BCUT2D eigenvalue weighted by Gasteiger charge is 2.06. The largest absolute Gasteiger partial charge is 0.382 e. The quantitative estimate of drug-likeness (QED) is 0.454. The summed E-state index contributed by atoms with van der Waals surface area (Å²) in [4.78, 5) is 0. The van der Waals surface area contributed by atoms with Gasteiger partial charge >= 0.3 is 0 Å². The molecule has 0 aromatic rings. The van der Waals surface area contributed by atoms with Crippen LogP contribution in [0.4, 0.5) is 0 Å². The van der Waals surface area contributed by atoms with E-state index in [1.54, 1.807) is 7.11 Å². The van der Waals surface area contributed by atoms with Crippen LogP contribution in [0.1, 0.15) is 19.8 Å². The highest BCUT2D eigenvalue weighted by molar-refractivity contribution is 4.96. The molecule has 3 nitrogen and oxygen atoms in total. The van der Waals surface area contributed by atoms with Gasteiger partial charge in [-0.15, -0.1) is 0 Å². The zero-order chi connectivity index (χ0) is 10.8. The van der Waals surface area contributed by atoms with E-state index < -0.39 is 0 Å². The summed E-state index contributed by atoms with van der Waals surface area (Å²) in [5, 5.41) is 3.22. The lowest BCUT2D eigenvalue weighted by molar-refractivity contribution is 0.0597. The molecule has 14 heavy (non-hydrogen) atoms. The molecule has 1 atom stereocenters. The van der Waals surface area contributed by atoms with Gasteiger partial charge in [0.2, 0.25) is 0 Å². The minimum absolute atomic E-state index is 0.374. The van der Waals surface area contributed by atoms with Crippen molar-refractivity contribution in [3.63, 3.8) is 0 Å². The van der Waals surface area contributed by atoms with Crippen LogP contribution in [-0.2, 0) is 9.47 Å². The second-order valence-electron chi connectivity index (χ2n) is 3.36. The van der Waals surface area contributed by atoms with Gasteiger partial charge in [-0.3, -0.25) is 0 Å². The highest BCUT2D eigenvalue weighted by atomic mass is 16.5. The average Bonchev–Trinajstić information content (AvgIpc) is 2.22. The first-order valence-electron chi connectivity index (χ1n) is 5.15. The Balaban J connectivity index is 3.52. The van der Waals surface area contributed by atoms with Crippen LogP contribution in [0, 0.1) is 0 Å². The molecule has 0 aromatic carbocycles. The van der Waals surface area contributed by atoms with Gasteiger partial charge in [0, 0.05) is 13.2 Å². The first-order valence-corrected chi connectivity index (χ1v) is 5.15. The van der Waals surface area contributed by atoms with E-state index in [2.05, 4.69) is 18.8 Å². The smallest absolute Gasteiger partial charge is 0.0701 e. The Bertz CT molecular complexity index is 148. The highest BCUT2D eigenvalue weighted by Crippen LogP contribution is 2.06. The predicted octanol–water partition coefficient (Wildman–Crippen LogP) is 1.59. The molecular formula is C11H23NO2. The van der Waals surface area contributed by atoms with Crippen molar-refractivity contribution >= 4 is 0 Å². The van der Waals surface area contributed by atoms with Crippen LogP contribution in [0.2, 0.25) is 0 Å². The molecular weight excluding hydrogens is 178 g/mol. The fraction of sp³-hybridized carbons (Fsp3) is 0.818. The Labute approximate surface area is 87.5 Å². The third kappa shape index (κ3) is 7.06. The molecule has 0 rings (SSSR count). The van der Waals surface area contributed by atoms with Crippen LogP contribution in [-0.4, -0.2) is 40.0 Å². The van der Waals surface area contributed by atoms with Gasteiger partial charge in [-0.25, -0.2) is 0 Å². The third-order valence-corrected chi connectivity index (χ3v) is 2.19. The Morgan fingerprint density at radius 3 is 2.64 bits per heavy atom. The summed E-state index contributed by atoms with van der Waals surface area (Å²) < 4.78 is 10.3. The molecule has 1 unspecified atom stereocenters. The fourth-order valence-electron chi connectivity index (χ4n) is 1.10. The Morgan fingerprint density at radius 2 is 2.14 bits per heavy atom. The molecule has 0 aromatic heterocycles. The van der Waals surface area contributed by atoms with Gasteiger partial charge < -0.3 is 14.8 Å². The van der Waals surface area contributed by atoms with Crippen LogP contribution in [0.5, 0.6) is 0 Å². The van der Waals surface area contributed by atoms with Crippen molar-refractivity contribution in [3.05, 3.63) is 12.2 Å². The van der Waals surface area contributed by atoms with E-state index >= 15 is 0 Å². The summed E-state index contributed by atoms with van der Waals surface area (Å²) in [7, 11) is 3.63. The van der Waals surface area contributed by atoms with Gasteiger partial charge in [0.05, 0.1) is 19.8 Å². The van der Waals surface area contributed by atoms with Crippen molar-refractivity contribution in [3.8, 4) is 0 Å². The van der Waals surface area contributed by atoms with Gasteiger partial charge in [0.1, 0.15) is 0 Å².